The van der Waals surface area contributed by atoms with Gasteiger partial charge in [0.25, 0.3) is 11.8 Å². The first kappa shape index (κ1) is 20.9. The van der Waals surface area contributed by atoms with Crippen LogP contribution >= 0.6 is 0 Å². The monoisotopic (exact) mass is 404 g/mol. The Balaban J connectivity index is 1.77. The smallest absolute Gasteiger partial charge is 0.256 e. The van der Waals surface area contributed by atoms with Crippen molar-refractivity contribution in [2.45, 2.75) is 13.8 Å². The standard InChI is InChI=1S/C24H24N2O4/c1-4-30-19-12-9-17(10-13-19)23(27)25-18-11-14-22(29-3)21(15-18)26-24(28)20-8-6-5-7-16(20)2/h5-15H,4H2,1-3H3,(H,25,27)(H,26,28). The Morgan fingerprint density at radius 2 is 1.63 bits per heavy atom. The normalized spacial score (nSPS) is 10.2. The first-order chi connectivity index (χ1) is 14.5. The number of ether oxygens (including phenoxy) is 2. The van der Waals surface area contributed by atoms with Crippen LogP contribution < -0.4 is 20.1 Å². The molecule has 0 saturated heterocycles. The molecule has 3 rings (SSSR count). The zero-order valence-corrected chi connectivity index (χ0v) is 17.2. The van der Waals surface area contributed by atoms with Crippen molar-refractivity contribution in [2.24, 2.45) is 0 Å². The number of methoxy groups -OCH3 is 1. The second kappa shape index (κ2) is 9.60. The summed E-state index contributed by atoms with van der Waals surface area (Å²) in [5.41, 5.74) is 2.95. The second-order valence-electron chi connectivity index (χ2n) is 6.60. The quantitative estimate of drug-likeness (QED) is 0.587. The van der Waals surface area contributed by atoms with Crippen molar-refractivity contribution in [1.82, 2.24) is 0 Å². The Labute approximate surface area is 175 Å². The van der Waals surface area contributed by atoms with E-state index in [9.17, 15) is 9.59 Å². The topological polar surface area (TPSA) is 76.7 Å². The van der Waals surface area contributed by atoms with Crippen molar-refractivity contribution in [3.63, 3.8) is 0 Å². The minimum Gasteiger partial charge on any atom is -0.495 e. The Kier molecular flexibility index (Phi) is 6.70. The van der Waals surface area contributed by atoms with Gasteiger partial charge in [0.05, 0.1) is 19.4 Å². The van der Waals surface area contributed by atoms with E-state index in [0.29, 0.717) is 40.6 Å². The van der Waals surface area contributed by atoms with Gasteiger partial charge in [-0.15, -0.1) is 0 Å². The van der Waals surface area contributed by atoms with Crippen molar-refractivity contribution in [2.75, 3.05) is 24.4 Å². The van der Waals surface area contributed by atoms with E-state index in [1.807, 2.05) is 32.0 Å². The van der Waals surface area contributed by atoms with Crippen LogP contribution in [0.5, 0.6) is 11.5 Å². The summed E-state index contributed by atoms with van der Waals surface area (Å²) in [5.74, 6) is 0.691. The highest BCUT2D eigenvalue weighted by atomic mass is 16.5. The number of rotatable bonds is 7. The molecule has 0 radical (unpaired) electrons. The molecule has 3 aromatic rings. The highest BCUT2D eigenvalue weighted by Gasteiger charge is 2.14. The van der Waals surface area contributed by atoms with Gasteiger partial charge < -0.3 is 20.1 Å². The maximum Gasteiger partial charge on any atom is 0.256 e. The van der Waals surface area contributed by atoms with Crippen LogP contribution in [0.25, 0.3) is 0 Å². The minimum atomic E-state index is -0.264. The SMILES string of the molecule is CCOc1ccc(C(=O)Nc2ccc(OC)c(NC(=O)c3ccccc3C)c2)cc1. The van der Waals surface area contributed by atoms with Crippen LogP contribution in [0.3, 0.4) is 0 Å². The molecule has 0 aromatic heterocycles. The number of carbonyl (C=O) groups excluding carboxylic acids is 2. The number of nitrogens with one attached hydrogen (secondary N) is 2. The molecule has 6 heteroatoms. The lowest BCUT2D eigenvalue weighted by Crippen LogP contribution is -2.15. The molecular formula is C24H24N2O4. The zero-order valence-electron chi connectivity index (χ0n) is 17.2. The maximum absolute atomic E-state index is 12.7. The number of hydrogen-bond acceptors (Lipinski definition) is 4. The Morgan fingerprint density at radius 3 is 2.30 bits per heavy atom. The molecule has 0 atom stereocenters. The Hall–Kier alpha value is -3.80. The number of aryl methyl sites for hydroxylation is 1. The molecule has 0 aliphatic heterocycles. The van der Waals surface area contributed by atoms with Gasteiger partial charge in [0, 0.05) is 16.8 Å². The third-order valence-electron chi connectivity index (χ3n) is 4.52. The van der Waals surface area contributed by atoms with Gasteiger partial charge in [-0.1, -0.05) is 18.2 Å². The molecular weight excluding hydrogens is 380 g/mol. The summed E-state index contributed by atoms with van der Waals surface area (Å²) in [5, 5.41) is 5.70. The van der Waals surface area contributed by atoms with Crippen LogP contribution in [0.4, 0.5) is 11.4 Å². The number of hydrogen-bond donors (Lipinski definition) is 2. The van der Waals surface area contributed by atoms with Crippen LogP contribution in [-0.4, -0.2) is 25.5 Å². The van der Waals surface area contributed by atoms with E-state index in [1.165, 1.54) is 7.11 Å². The molecule has 0 saturated carbocycles. The molecule has 0 aliphatic carbocycles. The van der Waals surface area contributed by atoms with Crippen LogP contribution in [0.15, 0.2) is 66.7 Å². The van der Waals surface area contributed by atoms with Gasteiger partial charge in [0.15, 0.2) is 0 Å². The average molecular weight is 404 g/mol. The predicted octanol–water partition coefficient (Wildman–Crippen LogP) is 4.91. The molecule has 30 heavy (non-hydrogen) atoms. The first-order valence-electron chi connectivity index (χ1n) is 9.61. The van der Waals surface area contributed by atoms with E-state index >= 15 is 0 Å². The molecule has 0 heterocycles. The lowest BCUT2D eigenvalue weighted by atomic mass is 10.1. The minimum absolute atomic E-state index is 0.249. The van der Waals surface area contributed by atoms with E-state index in [-0.39, 0.29) is 11.8 Å². The average Bonchev–Trinajstić information content (AvgIpc) is 2.75. The van der Waals surface area contributed by atoms with Crippen molar-refractivity contribution in [3.05, 3.63) is 83.4 Å². The summed E-state index contributed by atoms with van der Waals surface area (Å²) in [6.45, 7) is 4.34. The highest BCUT2D eigenvalue weighted by molar-refractivity contribution is 6.07. The molecule has 154 valence electrons. The summed E-state index contributed by atoms with van der Waals surface area (Å²) < 4.78 is 10.7. The van der Waals surface area contributed by atoms with E-state index < -0.39 is 0 Å². The lowest BCUT2D eigenvalue weighted by Gasteiger charge is -2.14. The van der Waals surface area contributed by atoms with Crippen LogP contribution in [0, 0.1) is 6.92 Å². The molecule has 2 amide bonds. The number of carbonyl (C=O) groups is 2. The molecule has 0 spiro atoms. The third kappa shape index (κ3) is 4.97. The number of benzene rings is 3. The van der Waals surface area contributed by atoms with E-state index in [0.717, 1.165) is 5.56 Å². The van der Waals surface area contributed by atoms with Gasteiger partial charge in [-0.3, -0.25) is 9.59 Å². The molecule has 0 unspecified atom stereocenters. The van der Waals surface area contributed by atoms with Crippen LogP contribution in [0.2, 0.25) is 0 Å². The maximum atomic E-state index is 12.7. The van der Waals surface area contributed by atoms with Gasteiger partial charge in [-0.05, 0) is 67.9 Å². The van der Waals surface area contributed by atoms with E-state index in [2.05, 4.69) is 10.6 Å². The van der Waals surface area contributed by atoms with Gasteiger partial charge in [-0.2, -0.15) is 0 Å². The lowest BCUT2D eigenvalue weighted by molar-refractivity contribution is 0.101. The van der Waals surface area contributed by atoms with Gasteiger partial charge in [-0.25, -0.2) is 0 Å². The van der Waals surface area contributed by atoms with Crippen LogP contribution in [0.1, 0.15) is 33.2 Å². The molecule has 0 aliphatic rings. The number of amides is 2. The molecule has 0 fully saturated rings. The second-order valence-corrected chi connectivity index (χ2v) is 6.60. The van der Waals surface area contributed by atoms with E-state index in [1.54, 1.807) is 48.5 Å². The fourth-order valence-corrected chi connectivity index (χ4v) is 2.97. The molecule has 2 N–H and O–H groups in total. The fraction of sp³-hybridized carbons (Fsp3) is 0.167. The van der Waals surface area contributed by atoms with Crippen molar-refractivity contribution in [3.8, 4) is 11.5 Å². The first-order valence-corrected chi connectivity index (χ1v) is 9.61. The van der Waals surface area contributed by atoms with Crippen molar-refractivity contribution in [1.29, 1.82) is 0 Å². The van der Waals surface area contributed by atoms with Crippen molar-refractivity contribution >= 4 is 23.2 Å². The fourth-order valence-electron chi connectivity index (χ4n) is 2.97. The summed E-state index contributed by atoms with van der Waals surface area (Å²) >= 11 is 0. The largest absolute Gasteiger partial charge is 0.495 e. The zero-order chi connectivity index (χ0) is 21.5. The van der Waals surface area contributed by atoms with E-state index in [4.69, 9.17) is 9.47 Å². The summed E-state index contributed by atoms with van der Waals surface area (Å²) in [6, 6.07) is 19.3. The Morgan fingerprint density at radius 1 is 0.900 bits per heavy atom. The van der Waals surface area contributed by atoms with Gasteiger partial charge >= 0.3 is 0 Å². The summed E-state index contributed by atoms with van der Waals surface area (Å²) in [4.78, 5) is 25.2. The Bertz CT molecular complexity index is 1050. The third-order valence-corrected chi connectivity index (χ3v) is 4.52. The van der Waals surface area contributed by atoms with Crippen molar-refractivity contribution < 1.29 is 19.1 Å². The van der Waals surface area contributed by atoms with Gasteiger partial charge in [0.1, 0.15) is 11.5 Å². The molecule has 3 aromatic carbocycles. The van der Waals surface area contributed by atoms with Crippen LogP contribution in [-0.2, 0) is 0 Å². The summed E-state index contributed by atoms with van der Waals surface area (Å²) in [7, 11) is 1.52. The molecule has 0 bridgehead atoms. The number of anilines is 2. The van der Waals surface area contributed by atoms with Gasteiger partial charge in [0.2, 0.25) is 0 Å². The highest BCUT2D eigenvalue weighted by Crippen LogP contribution is 2.29. The predicted molar refractivity (Wildman–Crippen MR) is 118 cm³/mol. The summed E-state index contributed by atoms with van der Waals surface area (Å²) in [6.07, 6.45) is 0. The molecule has 6 nitrogen and oxygen atoms in total.